The number of rotatable bonds is 9. The van der Waals surface area contributed by atoms with Crippen LogP contribution in [-0.4, -0.2) is 31.1 Å². The standard InChI is InChI=1S/C28H24FNO5S/c29-23-11-13-24(14-12-23)35-25-7-4-8-27(19-25)36(33,34)26-15-9-21(10-16-26)17-18-30(28(31)32)20-22-5-2-1-3-6-22/h1-16,19H,17-18,20H2,(H,31,32). The van der Waals surface area contributed by atoms with E-state index in [9.17, 15) is 22.7 Å². The Morgan fingerprint density at radius 1 is 0.778 bits per heavy atom. The van der Waals surface area contributed by atoms with Crippen LogP contribution < -0.4 is 4.74 Å². The summed E-state index contributed by atoms with van der Waals surface area (Å²) in [5.74, 6) is 0.304. The van der Waals surface area contributed by atoms with Gasteiger partial charge in [-0.3, -0.25) is 0 Å². The van der Waals surface area contributed by atoms with Gasteiger partial charge < -0.3 is 14.7 Å². The Bertz CT molecular complexity index is 1420. The molecule has 8 heteroatoms. The predicted molar refractivity (Wildman–Crippen MR) is 133 cm³/mol. The first kappa shape index (κ1) is 24.9. The van der Waals surface area contributed by atoms with Crippen LogP contribution in [0.25, 0.3) is 0 Å². The number of benzene rings is 4. The Labute approximate surface area is 209 Å². The van der Waals surface area contributed by atoms with E-state index in [1.165, 1.54) is 53.4 Å². The largest absolute Gasteiger partial charge is 0.465 e. The van der Waals surface area contributed by atoms with Crippen LogP contribution in [0, 0.1) is 5.82 Å². The number of carboxylic acid groups (broad SMARTS) is 1. The second-order valence-electron chi connectivity index (χ2n) is 8.12. The van der Waals surface area contributed by atoms with Crippen molar-refractivity contribution in [1.82, 2.24) is 4.90 Å². The molecule has 1 amide bonds. The normalized spacial score (nSPS) is 11.1. The first-order valence-electron chi connectivity index (χ1n) is 11.2. The van der Waals surface area contributed by atoms with E-state index in [1.807, 2.05) is 30.3 Å². The molecule has 0 aliphatic heterocycles. The summed E-state index contributed by atoms with van der Waals surface area (Å²) in [4.78, 5) is 13.2. The van der Waals surface area contributed by atoms with E-state index in [4.69, 9.17) is 4.74 Å². The van der Waals surface area contributed by atoms with Crippen LogP contribution in [0.15, 0.2) is 113 Å². The average Bonchev–Trinajstić information content (AvgIpc) is 2.89. The second-order valence-corrected chi connectivity index (χ2v) is 10.1. The minimum atomic E-state index is -3.81. The average molecular weight is 506 g/mol. The van der Waals surface area contributed by atoms with E-state index >= 15 is 0 Å². The maximum atomic E-state index is 13.2. The molecule has 0 spiro atoms. The highest BCUT2D eigenvalue weighted by Crippen LogP contribution is 2.27. The van der Waals surface area contributed by atoms with E-state index < -0.39 is 21.7 Å². The van der Waals surface area contributed by atoms with Crippen molar-refractivity contribution in [3.63, 3.8) is 0 Å². The van der Waals surface area contributed by atoms with Crippen molar-refractivity contribution in [3.8, 4) is 11.5 Å². The maximum Gasteiger partial charge on any atom is 0.407 e. The maximum absolute atomic E-state index is 13.2. The molecule has 0 radical (unpaired) electrons. The summed E-state index contributed by atoms with van der Waals surface area (Å²) >= 11 is 0. The van der Waals surface area contributed by atoms with Gasteiger partial charge in [-0.05, 0) is 72.1 Å². The van der Waals surface area contributed by atoms with E-state index in [2.05, 4.69) is 0 Å². The van der Waals surface area contributed by atoms with Gasteiger partial charge in [0.15, 0.2) is 0 Å². The summed E-state index contributed by atoms with van der Waals surface area (Å²) in [5.41, 5.74) is 1.72. The Kier molecular flexibility index (Phi) is 7.65. The number of hydrogen-bond acceptors (Lipinski definition) is 4. The van der Waals surface area contributed by atoms with Crippen LogP contribution in [0.3, 0.4) is 0 Å². The first-order valence-corrected chi connectivity index (χ1v) is 12.7. The van der Waals surface area contributed by atoms with Crippen LogP contribution in [0.1, 0.15) is 11.1 Å². The SMILES string of the molecule is O=C(O)N(CCc1ccc(S(=O)(=O)c2cccc(Oc3ccc(F)cc3)c2)cc1)Cc1ccccc1. The summed E-state index contributed by atoms with van der Waals surface area (Å²) < 4.78 is 45.1. The topological polar surface area (TPSA) is 83.9 Å². The Morgan fingerprint density at radius 3 is 2.14 bits per heavy atom. The van der Waals surface area contributed by atoms with Gasteiger partial charge >= 0.3 is 6.09 Å². The quantitative estimate of drug-likeness (QED) is 0.294. The molecule has 0 fully saturated rings. The number of ether oxygens (including phenoxy) is 1. The van der Waals surface area contributed by atoms with Gasteiger partial charge in [-0.25, -0.2) is 17.6 Å². The van der Waals surface area contributed by atoms with Crippen molar-refractivity contribution in [2.75, 3.05) is 6.54 Å². The zero-order chi connectivity index (χ0) is 25.5. The molecule has 4 rings (SSSR count). The Hall–Kier alpha value is -4.17. The third-order valence-electron chi connectivity index (χ3n) is 5.56. The fourth-order valence-corrected chi connectivity index (χ4v) is 4.92. The third kappa shape index (κ3) is 6.28. The molecular formula is C28H24FNO5S. The molecule has 4 aromatic carbocycles. The van der Waals surface area contributed by atoms with E-state index in [-0.39, 0.29) is 22.9 Å². The lowest BCUT2D eigenvalue weighted by Crippen LogP contribution is -2.30. The summed E-state index contributed by atoms with van der Waals surface area (Å²) in [6.45, 7) is 0.554. The molecule has 6 nitrogen and oxygen atoms in total. The van der Waals surface area contributed by atoms with Gasteiger partial charge in [-0.2, -0.15) is 0 Å². The van der Waals surface area contributed by atoms with Gasteiger partial charge in [0.2, 0.25) is 9.84 Å². The highest BCUT2D eigenvalue weighted by Gasteiger charge is 2.19. The Balaban J connectivity index is 1.44. The van der Waals surface area contributed by atoms with Gasteiger partial charge in [0, 0.05) is 13.1 Å². The van der Waals surface area contributed by atoms with E-state index in [0.29, 0.717) is 17.9 Å². The molecule has 0 bridgehead atoms. The van der Waals surface area contributed by atoms with Crippen molar-refractivity contribution in [2.24, 2.45) is 0 Å². The zero-order valence-corrected chi connectivity index (χ0v) is 20.1. The molecule has 0 aromatic heterocycles. The van der Waals surface area contributed by atoms with Crippen LogP contribution in [0.5, 0.6) is 11.5 Å². The molecule has 0 unspecified atom stereocenters. The summed E-state index contributed by atoms with van der Waals surface area (Å²) in [5, 5.41) is 9.54. The predicted octanol–water partition coefficient (Wildman–Crippen LogP) is 6.17. The van der Waals surface area contributed by atoms with Crippen molar-refractivity contribution in [3.05, 3.63) is 120 Å². The fraction of sp³-hybridized carbons (Fsp3) is 0.107. The number of hydrogen-bond donors (Lipinski definition) is 1. The van der Waals surface area contributed by atoms with Crippen LogP contribution in [-0.2, 0) is 22.8 Å². The summed E-state index contributed by atoms with van der Waals surface area (Å²) in [7, 11) is -3.81. The van der Waals surface area contributed by atoms with E-state index in [1.54, 1.807) is 24.3 Å². The minimum absolute atomic E-state index is 0.0646. The Morgan fingerprint density at radius 2 is 1.47 bits per heavy atom. The van der Waals surface area contributed by atoms with Gasteiger partial charge in [0.05, 0.1) is 9.79 Å². The molecule has 1 N–H and O–H groups in total. The van der Waals surface area contributed by atoms with Crippen LogP contribution in [0.2, 0.25) is 0 Å². The highest BCUT2D eigenvalue weighted by molar-refractivity contribution is 7.91. The molecule has 0 aliphatic carbocycles. The third-order valence-corrected chi connectivity index (χ3v) is 7.32. The highest BCUT2D eigenvalue weighted by atomic mass is 32.2. The molecule has 4 aromatic rings. The van der Waals surface area contributed by atoms with Crippen molar-refractivity contribution in [2.45, 2.75) is 22.8 Å². The lowest BCUT2D eigenvalue weighted by Gasteiger charge is -2.19. The summed E-state index contributed by atoms with van der Waals surface area (Å²) in [6.07, 6.45) is -0.568. The second kappa shape index (κ2) is 11.0. The number of sulfone groups is 1. The minimum Gasteiger partial charge on any atom is -0.465 e. The molecule has 0 heterocycles. The smallest absolute Gasteiger partial charge is 0.407 e. The number of nitrogens with zero attached hydrogens (tertiary/aromatic N) is 1. The van der Waals surface area contributed by atoms with Gasteiger partial charge in [-0.1, -0.05) is 48.5 Å². The molecule has 0 atom stereocenters. The molecule has 0 aliphatic rings. The monoisotopic (exact) mass is 505 g/mol. The molecule has 0 saturated carbocycles. The lowest BCUT2D eigenvalue weighted by molar-refractivity contribution is 0.143. The first-order chi connectivity index (χ1) is 17.3. The molecule has 184 valence electrons. The van der Waals surface area contributed by atoms with E-state index in [0.717, 1.165) is 11.1 Å². The van der Waals surface area contributed by atoms with Gasteiger partial charge in [0.1, 0.15) is 17.3 Å². The number of halogens is 1. The number of amides is 1. The summed E-state index contributed by atoms with van der Waals surface area (Å²) in [6, 6.07) is 27.3. The molecule has 36 heavy (non-hydrogen) atoms. The molecule has 0 saturated heterocycles. The van der Waals surface area contributed by atoms with Crippen molar-refractivity contribution in [1.29, 1.82) is 0 Å². The fourth-order valence-electron chi connectivity index (χ4n) is 3.63. The molecular weight excluding hydrogens is 481 g/mol. The number of carbonyl (C=O) groups is 1. The van der Waals surface area contributed by atoms with Crippen LogP contribution >= 0.6 is 0 Å². The van der Waals surface area contributed by atoms with Gasteiger partial charge in [-0.15, -0.1) is 0 Å². The van der Waals surface area contributed by atoms with Crippen molar-refractivity contribution >= 4 is 15.9 Å². The van der Waals surface area contributed by atoms with Crippen LogP contribution in [0.4, 0.5) is 9.18 Å². The zero-order valence-electron chi connectivity index (χ0n) is 19.2. The lowest BCUT2D eigenvalue weighted by atomic mass is 10.1. The van der Waals surface area contributed by atoms with Crippen molar-refractivity contribution < 1.29 is 27.4 Å². The van der Waals surface area contributed by atoms with Gasteiger partial charge in [0.25, 0.3) is 0 Å².